The fourth-order valence-electron chi connectivity index (χ4n) is 2.67. The molecule has 1 fully saturated rings. The molecule has 0 aromatic rings. The Bertz CT molecular complexity index is 450. The van der Waals surface area contributed by atoms with Gasteiger partial charge in [0.1, 0.15) is 0 Å². The van der Waals surface area contributed by atoms with Crippen LogP contribution in [-0.4, -0.2) is 47.3 Å². The average Bonchev–Trinajstić information content (AvgIpc) is 2.86. The molecule has 0 spiro atoms. The highest BCUT2D eigenvalue weighted by atomic mass is 19.4. The lowest BCUT2D eigenvalue weighted by Crippen LogP contribution is -2.50. The smallest absolute Gasteiger partial charge is 0.393 e. The van der Waals surface area contributed by atoms with Crippen LogP contribution in [0.15, 0.2) is 12.2 Å². The van der Waals surface area contributed by atoms with E-state index in [-0.39, 0.29) is 25.9 Å². The molecule has 0 saturated carbocycles. The van der Waals surface area contributed by atoms with Crippen LogP contribution in [0.1, 0.15) is 19.3 Å². The highest BCUT2D eigenvalue weighted by Gasteiger charge is 2.42. The number of piperidine rings is 1. The van der Waals surface area contributed by atoms with Gasteiger partial charge in [0.15, 0.2) is 0 Å². The third-order valence-corrected chi connectivity index (χ3v) is 3.88. The Balaban J connectivity index is 1.87. The van der Waals surface area contributed by atoms with Crippen LogP contribution in [0.2, 0.25) is 0 Å². The molecule has 1 aliphatic heterocycles. The number of hydrogen-bond acceptors (Lipinski definition) is 2. The van der Waals surface area contributed by atoms with Crippen LogP contribution in [0.3, 0.4) is 0 Å². The van der Waals surface area contributed by atoms with E-state index < -0.39 is 36.1 Å². The second-order valence-electron chi connectivity index (χ2n) is 5.45. The van der Waals surface area contributed by atoms with Crippen LogP contribution in [0, 0.1) is 11.8 Å². The van der Waals surface area contributed by atoms with E-state index in [0.29, 0.717) is 6.42 Å². The first-order chi connectivity index (χ1) is 9.77. The van der Waals surface area contributed by atoms with Crippen molar-refractivity contribution in [2.45, 2.75) is 31.5 Å². The van der Waals surface area contributed by atoms with Gasteiger partial charge in [-0.3, -0.25) is 4.79 Å². The zero-order valence-corrected chi connectivity index (χ0v) is 11.3. The predicted octanol–water partition coefficient (Wildman–Crippen LogP) is 2.00. The SMILES string of the molecule is O=C(O)C1C=CC(NC(=O)N2CCCC(C(F)(F)F)C2)C1. The second-order valence-corrected chi connectivity index (χ2v) is 5.45. The molecule has 118 valence electrons. The molecular weight excluding hydrogens is 289 g/mol. The van der Waals surface area contributed by atoms with Gasteiger partial charge in [-0.15, -0.1) is 0 Å². The van der Waals surface area contributed by atoms with Crippen molar-refractivity contribution in [1.29, 1.82) is 0 Å². The quantitative estimate of drug-likeness (QED) is 0.767. The summed E-state index contributed by atoms with van der Waals surface area (Å²) < 4.78 is 38.1. The molecule has 3 atom stereocenters. The summed E-state index contributed by atoms with van der Waals surface area (Å²) in [4.78, 5) is 23.9. The fourth-order valence-corrected chi connectivity index (χ4v) is 2.67. The Morgan fingerprint density at radius 2 is 2.00 bits per heavy atom. The lowest BCUT2D eigenvalue weighted by molar-refractivity contribution is -0.184. The molecule has 0 radical (unpaired) electrons. The van der Waals surface area contributed by atoms with Crippen LogP contribution in [0.5, 0.6) is 0 Å². The number of likely N-dealkylation sites (tertiary alicyclic amines) is 1. The van der Waals surface area contributed by atoms with Gasteiger partial charge in [0.25, 0.3) is 0 Å². The summed E-state index contributed by atoms with van der Waals surface area (Å²) in [7, 11) is 0. The Labute approximate surface area is 119 Å². The Morgan fingerprint density at radius 1 is 1.29 bits per heavy atom. The number of nitrogens with zero attached hydrogens (tertiary/aromatic N) is 1. The highest BCUT2D eigenvalue weighted by molar-refractivity contribution is 5.76. The van der Waals surface area contributed by atoms with Gasteiger partial charge in [-0.05, 0) is 19.3 Å². The number of carboxylic acid groups (broad SMARTS) is 1. The highest BCUT2D eigenvalue weighted by Crippen LogP contribution is 2.33. The van der Waals surface area contributed by atoms with Crippen LogP contribution in [0.4, 0.5) is 18.0 Å². The number of carbonyl (C=O) groups is 2. The number of alkyl halides is 3. The first-order valence-corrected chi connectivity index (χ1v) is 6.80. The Morgan fingerprint density at radius 3 is 2.57 bits per heavy atom. The summed E-state index contributed by atoms with van der Waals surface area (Å²) in [5.41, 5.74) is 0. The zero-order valence-electron chi connectivity index (χ0n) is 11.3. The van der Waals surface area contributed by atoms with E-state index in [1.54, 1.807) is 6.08 Å². The molecule has 2 aliphatic rings. The van der Waals surface area contributed by atoms with Gasteiger partial charge in [-0.1, -0.05) is 12.2 Å². The van der Waals surface area contributed by atoms with Crippen molar-refractivity contribution in [1.82, 2.24) is 10.2 Å². The molecule has 8 heteroatoms. The van der Waals surface area contributed by atoms with Crippen LogP contribution >= 0.6 is 0 Å². The lowest BCUT2D eigenvalue weighted by Gasteiger charge is -2.34. The van der Waals surface area contributed by atoms with Gasteiger partial charge in [-0.25, -0.2) is 4.79 Å². The van der Waals surface area contributed by atoms with Crippen molar-refractivity contribution >= 4 is 12.0 Å². The van der Waals surface area contributed by atoms with E-state index in [4.69, 9.17) is 5.11 Å². The first kappa shape index (κ1) is 15.7. The molecule has 2 amide bonds. The maximum absolute atomic E-state index is 12.7. The van der Waals surface area contributed by atoms with Crippen molar-refractivity contribution in [3.05, 3.63) is 12.2 Å². The number of urea groups is 1. The Kier molecular flexibility index (Phi) is 4.43. The fraction of sp³-hybridized carbons (Fsp3) is 0.692. The number of carbonyl (C=O) groups excluding carboxylic acids is 1. The molecule has 0 aromatic heterocycles. The summed E-state index contributed by atoms with van der Waals surface area (Å²) in [5, 5.41) is 11.4. The minimum atomic E-state index is -4.29. The monoisotopic (exact) mass is 306 g/mol. The van der Waals surface area contributed by atoms with Crippen molar-refractivity contribution in [2.24, 2.45) is 11.8 Å². The second kappa shape index (κ2) is 5.95. The third kappa shape index (κ3) is 3.89. The van der Waals surface area contributed by atoms with Gasteiger partial charge in [0.2, 0.25) is 0 Å². The van der Waals surface area contributed by atoms with Gasteiger partial charge in [-0.2, -0.15) is 13.2 Å². The van der Waals surface area contributed by atoms with Crippen LogP contribution in [-0.2, 0) is 4.79 Å². The molecule has 0 bridgehead atoms. The van der Waals surface area contributed by atoms with Crippen molar-refractivity contribution in [3.63, 3.8) is 0 Å². The maximum Gasteiger partial charge on any atom is 0.393 e. The van der Waals surface area contributed by atoms with Gasteiger partial charge in [0.05, 0.1) is 17.9 Å². The molecule has 21 heavy (non-hydrogen) atoms. The van der Waals surface area contributed by atoms with Gasteiger partial charge >= 0.3 is 18.2 Å². The largest absolute Gasteiger partial charge is 0.481 e. The predicted molar refractivity (Wildman–Crippen MR) is 67.6 cm³/mol. The lowest BCUT2D eigenvalue weighted by atomic mass is 9.98. The van der Waals surface area contributed by atoms with E-state index in [2.05, 4.69) is 5.32 Å². The molecule has 2 rings (SSSR count). The summed E-state index contributed by atoms with van der Waals surface area (Å²) in [6, 6.07) is -1.01. The van der Waals surface area contributed by atoms with E-state index >= 15 is 0 Å². The standard InChI is InChI=1S/C13H17F3N2O3/c14-13(15,16)9-2-1-5-18(7-9)12(21)17-10-4-3-8(6-10)11(19)20/h3-4,8-10H,1-2,5-7H2,(H,17,21)(H,19,20). The van der Waals surface area contributed by atoms with E-state index in [0.717, 1.165) is 4.90 Å². The van der Waals surface area contributed by atoms with Crippen molar-refractivity contribution in [2.75, 3.05) is 13.1 Å². The first-order valence-electron chi connectivity index (χ1n) is 6.80. The molecule has 5 nitrogen and oxygen atoms in total. The number of nitrogens with one attached hydrogen (secondary N) is 1. The van der Waals surface area contributed by atoms with Gasteiger partial charge < -0.3 is 15.3 Å². The summed E-state index contributed by atoms with van der Waals surface area (Å²) >= 11 is 0. The van der Waals surface area contributed by atoms with E-state index in [1.165, 1.54) is 6.08 Å². The van der Waals surface area contributed by atoms with Crippen LogP contribution < -0.4 is 5.32 Å². The minimum absolute atomic E-state index is 0.0394. The van der Waals surface area contributed by atoms with E-state index in [9.17, 15) is 22.8 Å². The molecule has 2 N–H and O–H groups in total. The summed E-state index contributed by atoms with van der Waals surface area (Å²) in [6.45, 7) is -0.0503. The zero-order chi connectivity index (χ0) is 15.6. The molecule has 0 aromatic carbocycles. The number of carboxylic acids is 1. The molecule has 1 aliphatic carbocycles. The third-order valence-electron chi connectivity index (χ3n) is 3.88. The maximum atomic E-state index is 12.7. The molecule has 3 unspecified atom stereocenters. The van der Waals surface area contributed by atoms with Crippen molar-refractivity contribution in [3.8, 4) is 0 Å². The average molecular weight is 306 g/mol. The number of halogens is 3. The Hall–Kier alpha value is -1.73. The number of aliphatic carboxylic acids is 1. The van der Waals surface area contributed by atoms with Crippen LogP contribution in [0.25, 0.3) is 0 Å². The van der Waals surface area contributed by atoms with Gasteiger partial charge in [0, 0.05) is 13.1 Å². The number of rotatable bonds is 2. The minimum Gasteiger partial charge on any atom is -0.481 e. The normalized spacial score (nSPS) is 29.5. The molecule has 1 saturated heterocycles. The van der Waals surface area contributed by atoms with E-state index in [1.807, 2.05) is 0 Å². The van der Waals surface area contributed by atoms with Crippen molar-refractivity contribution < 1.29 is 27.9 Å². The number of hydrogen-bond donors (Lipinski definition) is 2. The topological polar surface area (TPSA) is 69.6 Å². The number of amides is 2. The molecule has 1 heterocycles. The summed E-state index contributed by atoms with van der Waals surface area (Å²) in [6.07, 6.45) is -0.643. The summed E-state index contributed by atoms with van der Waals surface area (Å²) in [5.74, 6) is -3.11. The molecular formula is C13H17F3N2O3.